The summed E-state index contributed by atoms with van der Waals surface area (Å²) in [5.41, 5.74) is 2.22. The molecule has 5 heteroatoms. The predicted octanol–water partition coefficient (Wildman–Crippen LogP) is 2.95. The summed E-state index contributed by atoms with van der Waals surface area (Å²) in [4.78, 5) is 18.4. The fourth-order valence-corrected chi connectivity index (χ4v) is 3.66. The van der Waals surface area contributed by atoms with Crippen LogP contribution in [0.1, 0.15) is 18.1 Å². The Morgan fingerprint density at radius 2 is 1.73 bits per heavy atom. The van der Waals surface area contributed by atoms with Gasteiger partial charge in [0.25, 0.3) is 0 Å². The van der Waals surface area contributed by atoms with E-state index in [1.54, 1.807) is 5.06 Å². The zero-order valence-corrected chi connectivity index (χ0v) is 14.8. The van der Waals surface area contributed by atoms with Crippen LogP contribution in [0.3, 0.4) is 0 Å². The van der Waals surface area contributed by atoms with Crippen molar-refractivity contribution in [3.05, 3.63) is 71.8 Å². The van der Waals surface area contributed by atoms with Gasteiger partial charge in [0.2, 0.25) is 0 Å². The molecule has 2 aromatic rings. The summed E-state index contributed by atoms with van der Waals surface area (Å²) >= 11 is 0. The van der Waals surface area contributed by atoms with Gasteiger partial charge in [0, 0.05) is 0 Å². The number of carbonyl (C=O) groups excluding carboxylic acids is 1. The third-order valence-electron chi connectivity index (χ3n) is 5.05. The van der Waals surface area contributed by atoms with Crippen molar-refractivity contribution in [3.63, 3.8) is 0 Å². The number of nitrogens with zero attached hydrogens (tertiary/aromatic N) is 1. The van der Waals surface area contributed by atoms with Gasteiger partial charge < -0.3 is 9.47 Å². The van der Waals surface area contributed by atoms with Gasteiger partial charge >= 0.3 is 5.97 Å². The van der Waals surface area contributed by atoms with Gasteiger partial charge in [-0.1, -0.05) is 60.7 Å². The van der Waals surface area contributed by atoms with Crippen molar-refractivity contribution in [2.45, 2.75) is 38.3 Å². The molecule has 2 aromatic carbocycles. The van der Waals surface area contributed by atoms with Crippen molar-refractivity contribution in [2.24, 2.45) is 5.92 Å². The van der Waals surface area contributed by atoms with E-state index in [4.69, 9.17) is 14.3 Å². The highest BCUT2D eigenvalue weighted by Crippen LogP contribution is 2.36. The predicted molar refractivity (Wildman–Crippen MR) is 95.8 cm³/mol. The molecule has 0 bridgehead atoms. The molecule has 2 aliphatic rings. The standard InChI is InChI=1S/C21H23NO4/c1-15(24-13-17-10-6-3-7-11-17)20-18-14-25-21(23)19(18)22(26-20)12-16-8-4-2-5-9-16/h2-11,15,18-20H,12-14H2,1H3/t15-,18-,19+,20+/m0/s1. The average molecular weight is 353 g/mol. The normalized spacial score (nSPS) is 26.5. The van der Waals surface area contributed by atoms with Gasteiger partial charge in [-0.15, -0.1) is 0 Å². The maximum absolute atomic E-state index is 12.2. The van der Waals surface area contributed by atoms with Gasteiger partial charge in [-0.05, 0) is 18.1 Å². The lowest BCUT2D eigenvalue weighted by Gasteiger charge is -2.24. The minimum atomic E-state index is -0.358. The molecule has 0 N–H and O–H groups in total. The molecular formula is C21H23NO4. The van der Waals surface area contributed by atoms with E-state index in [0.29, 0.717) is 19.8 Å². The molecule has 5 nitrogen and oxygen atoms in total. The molecule has 4 atom stereocenters. The summed E-state index contributed by atoms with van der Waals surface area (Å²) in [6.45, 7) is 3.46. The molecule has 0 spiro atoms. The molecule has 0 unspecified atom stereocenters. The lowest BCUT2D eigenvalue weighted by Crippen LogP contribution is -2.35. The number of rotatable bonds is 6. The lowest BCUT2D eigenvalue weighted by atomic mass is 9.94. The Bertz CT molecular complexity index is 736. The van der Waals surface area contributed by atoms with Gasteiger partial charge in [0.05, 0.1) is 31.8 Å². The zero-order valence-electron chi connectivity index (χ0n) is 14.8. The van der Waals surface area contributed by atoms with Crippen LogP contribution in [0.2, 0.25) is 0 Å². The molecule has 4 rings (SSSR count). The van der Waals surface area contributed by atoms with E-state index in [-0.39, 0.29) is 30.1 Å². The van der Waals surface area contributed by atoms with Crippen LogP contribution in [0.5, 0.6) is 0 Å². The topological polar surface area (TPSA) is 48.0 Å². The molecule has 136 valence electrons. The average Bonchev–Trinajstić information content (AvgIpc) is 3.23. The van der Waals surface area contributed by atoms with Gasteiger partial charge in [-0.25, -0.2) is 0 Å². The van der Waals surface area contributed by atoms with Crippen LogP contribution in [0, 0.1) is 5.92 Å². The van der Waals surface area contributed by atoms with Gasteiger partial charge in [0.15, 0.2) is 0 Å². The number of fused-ring (bicyclic) bond motifs is 1. The van der Waals surface area contributed by atoms with Crippen LogP contribution < -0.4 is 0 Å². The molecule has 0 saturated carbocycles. The molecule has 0 radical (unpaired) electrons. The van der Waals surface area contributed by atoms with E-state index in [1.807, 2.05) is 67.6 Å². The Balaban J connectivity index is 1.44. The van der Waals surface area contributed by atoms with E-state index in [1.165, 1.54) is 0 Å². The minimum Gasteiger partial charge on any atom is -0.464 e. The first kappa shape index (κ1) is 17.2. The van der Waals surface area contributed by atoms with Crippen molar-refractivity contribution in [1.82, 2.24) is 5.06 Å². The Morgan fingerprint density at radius 3 is 2.42 bits per heavy atom. The molecule has 2 fully saturated rings. The number of esters is 1. The summed E-state index contributed by atoms with van der Waals surface area (Å²) in [5, 5.41) is 1.77. The minimum absolute atomic E-state index is 0.00279. The van der Waals surface area contributed by atoms with Gasteiger partial charge in [-0.3, -0.25) is 9.63 Å². The first-order chi connectivity index (χ1) is 12.7. The molecule has 0 amide bonds. The maximum atomic E-state index is 12.2. The fraction of sp³-hybridized carbons (Fsp3) is 0.381. The molecule has 26 heavy (non-hydrogen) atoms. The highest BCUT2D eigenvalue weighted by Gasteiger charge is 2.54. The van der Waals surface area contributed by atoms with Crippen molar-refractivity contribution in [2.75, 3.05) is 6.61 Å². The second-order valence-electron chi connectivity index (χ2n) is 6.87. The first-order valence-electron chi connectivity index (χ1n) is 9.02. The van der Waals surface area contributed by atoms with Crippen LogP contribution in [0.25, 0.3) is 0 Å². The lowest BCUT2D eigenvalue weighted by molar-refractivity contribution is -0.208. The van der Waals surface area contributed by atoms with Crippen molar-refractivity contribution >= 4 is 5.97 Å². The summed E-state index contributed by atoms with van der Waals surface area (Å²) in [6, 6.07) is 19.7. The largest absolute Gasteiger partial charge is 0.464 e. The third kappa shape index (κ3) is 3.51. The van der Waals surface area contributed by atoms with Crippen molar-refractivity contribution < 1.29 is 19.1 Å². The van der Waals surface area contributed by atoms with E-state index >= 15 is 0 Å². The molecule has 2 aliphatic heterocycles. The number of cyclic esters (lactones) is 1. The Kier molecular flexibility index (Phi) is 5.02. The first-order valence-corrected chi connectivity index (χ1v) is 9.02. The number of hydrogen-bond acceptors (Lipinski definition) is 5. The van der Waals surface area contributed by atoms with Crippen LogP contribution in [0.15, 0.2) is 60.7 Å². The fourth-order valence-electron chi connectivity index (χ4n) is 3.66. The van der Waals surface area contributed by atoms with E-state index in [2.05, 4.69) is 0 Å². The molecule has 2 saturated heterocycles. The molecule has 0 aliphatic carbocycles. The summed E-state index contributed by atoms with van der Waals surface area (Å²) in [7, 11) is 0. The third-order valence-corrected chi connectivity index (χ3v) is 5.05. The summed E-state index contributed by atoms with van der Waals surface area (Å²) in [5.74, 6) is -0.208. The van der Waals surface area contributed by atoms with Gasteiger partial charge in [0.1, 0.15) is 12.1 Å². The Labute approximate surface area is 153 Å². The quantitative estimate of drug-likeness (QED) is 0.748. The zero-order chi connectivity index (χ0) is 17.9. The van der Waals surface area contributed by atoms with E-state index in [0.717, 1.165) is 11.1 Å². The summed E-state index contributed by atoms with van der Waals surface area (Å²) < 4.78 is 11.4. The monoisotopic (exact) mass is 353 g/mol. The molecule has 0 aromatic heterocycles. The molecular weight excluding hydrogens is 330 g/mol. The second-order valence-corrected chi connectivity index (χ2v) is 6.87. The highest BCUT2D eigenvalue weighted by atomic mass is 16.7. The van der Waals surface area contributed by atoms with Gasteiger partial charge in [-0.2, -0.15) is 5.06 Å². The van der Waals surface area contributed by atoms with Crippen molar-refractivity contribution in [1.29, 1.82) is 0 Å². The number of hydroxylamine groups is 2. The van der Waals surface area contributed by atoms with Crippen molar-refractivity contribution in [3.8, 4) is 0 Å². The Morgan fingerprint density at radius 1 is 1.08 bits per heavy atom. The SMILES string of the molecule is C[C@H](OCc1ccccc1)[C@H]1ON(Cc2ccccc2)[C@H]2C(=O)OC[C@H]12. The molecule has 2 heterocycles. The number of carbonyl (C=O) groups is 1. The van der Waals surface area contributed by atoms with E-state index < -0.39 is 0 Å². The maximum Gasteiger partial charge on any atom is 0.326 e. The van der Waals surface area contributed by atoms with Crippen LogP contribution >= 0.6 is 0 Å². The number of hydrogen-bond donors (Lipinski definition) is 0. The van der Waals surface area contributed by atoms with Crippen LogP contribution in [-0.4, -0.2) is 35.9 Å². The second kappa shape index (κ2) is 7.58. The highest BCUT2D eigenvalue weighted by molar-refractivity contribution is 5.78. The Hall–Kier alpha value is -2.21. The van der Waals surface area contributed by atoms with E-state index in [9.17, 15) is 4.79 Å². The van der Waals surface area contributed by atoms with Crippen LogP contribution in [-0.2, 0) is 32.3 Å². The smallest absolute Gasteiger partial charge is 0.326 e. The number of ether oxygens (including phenoxy) is 2. The van der Waals surface area contributed by atoms with Crippen LogP contribution in [0.4, 0.5) is 0 Å². The number of benzene rings is 2. The summed E-state index contributed by atoms with van der Waals surface area (Å²) in [6.07, 6.45) is -0.336.